The molecule has 0 radical (unpaired) electrons. The van der Waals surface area contributed by atoms with Gasteiger partial charge in [0.2, 0.25) is 10.0 Å². The van der Waals surface area contributed by atoms with Crippen LogP contribution in [0.4, 0.5) is 0 Å². The molecule has 0 amide bonds. The first-order chi connectivity index (χ1) is 8.89. The van der Waals surface area contributed by atoms with Gasteiger partial charge in [0.05, 0.1) is 5.75 Å². The van der Waals surface area contributed by atoms with Crippen LogP contribution in [0.5, 0.6) is 0 Å². The van der Waals surface area contributed by atoms with Crippen molar-refractivity contribution < 1.29 is 8.42 Å². The van der Waals surface area contributed by atoms with Crippen LogP contribution in [0.1, 0.15) is 19.5 Å². The normalized spacial score (nSPS) is 20.3. The van der Waals surface area contributed by atoms with E-state index in [0.717, 1.165) is 5.69 Å². The molecule has 2 rings (SSSR count). The van der Waals surface area contributed by atoms with Crippen LogP contribution in [0.3, 0.4) is 0 Å². The molecule has 6 heteroatoms. The number of piperazine rings is 1. The summed E-state index contributed by atoms with van der Waals surface area (Å²) in [5, 5.41) is 3.32. The van der Waals surface area contributed by atoms with Gasteiger partial charge in [-0.25, -0.2) is 8.42 Å². The zero-order chi connectivity index (χ0) is 13.9. The molecule has 1 aliphatic rings. The smallest absolute Gasteiger partial charge is 0.214 e. The lowest BCUT2D eigenvalue weighted by molar-refractivity contribution is 0.233. The third-order valence-electron chi connectivity index (χ3n) is 3.27. The molecule has 19 heavy (non-hydrogen) atoms. The van der Waals surface area contributed by atoms with Crippen molar-refractivity contribution in [3.8, 4) is 0 Å². The largest absolute Gasteiger partial charge is 0.309 e. The van der Waals surface area contributed by atoms with Gasteiger partial charge in [-0.15, -0.1) is 0 Å². The van der Waals surface area contributed by atoms with Crippen LogP contribution in [0, 0.1) is 0 Å². The van der Waals surface area contributed by atoms with Crippen molar-refractivity contribution in [1.29, 1.82) is 0 Å². The fraction of sp³-hybridized carbons (Fsp3) is 0.615. The SMILES string of the molecule is CC1(C)CN(S(=O)(=O)CCc2ccccn2)CCN1. The monoisotopic (exact) mass is 283 g/mol. The molecule has 1 saturated heterocycles. The van der Waals surface area contributed by atoms with Gasteiger partial charge in [-0.1, -0.05) is 6.07 Å². The van der Waals surface area contributed by atoms with Crippen molar-refractivity contribution in [2.45, 2.75) is 25.8 Å². The summed E-state index contributed by atoms with van der Waals surface area (Å²) in [5.41, 5.74) is 0.663. The molecule has 1 fully saturated rings. The molecule has 1 N–H and O–H groups in total. The summed E-state index contributed by atoms with van der Waals surface area (Å²) in [5.74, 6) is 0.125. The van der Waals surface area contributed by atoms with Crippen LogP contribution in [0.25, 0.3) is 0 Å². The predicted molar refractivity (Wildman–Crippen MR) is 75.4 cm³/mol. The number of hydrogen-bond donors (Lipinski definition) is 1. The number of sulfonamides is 1. The van der Waals surface area contributed by atoms with E-state index in [1.807, 2.05) is 32.0 Å². The topological polar surface area (TPSA) is 62.3 Å². The Morgan fingerprint density at radius 3 is 2.84 bits per heavy atom. The lowest BCUT2D eigenvalue weighted by Gasteiger charge is -2.38. The van der Waals surface area contributed by atoms with E-state index in [1.54, 1.807) is 10.5 Å². The van der Waals surface area contributed by atoms with Crippen LogP contribution < -0.4 is 5.32 Å². The fourth-order valence-corrected chi connectivity index (χ4v) is 3.86. The number of rotatable bonds is 4. The van der Waals surface area contributed by atoms with Crippen molar-refractivity contribution in [3.05, 3.63) is 30.1 Å². The van der Waals surface area contributed by atoms with Crippen molar-refractivity contribution in [2.75, 3.05) is 25.4 Å². The molecule has 0 spiro atoms. The standard InChI is InChI=1S/C13H21N3O2S/c1-13(2)11-16(9-8-15-13)19(17,18)10-6-12-5-3-4-7-14-12/h3-5,7,15H,6,8-11H2,1-2H3. The van der Waals surface area contributed by atoms with Gasteiger partial charge in [0, 0.05) is 43.5 Å². The summed E-state index contributed by atoms with van der Waals surface area (Å²) in [6.45, 7) is 5.82. The molecule has 1 aromatic heterocycles. The third-order valence-corrected chi connectivity index (χ3v) is 5.09. The Kier molecular flexibility index (Phi) is 4.23. The van der Waals surface area contributed by atoms with Gasteiger partial charge in [0.25, 0.3) is 0 Å². The van der Waals surface area contributed by atoms with E-state index in [9.17, 15) is 8.42 Å². The molecular weight excluding hydrogens is 262 g/mol. The second-order valence-corrected chi connectivity index (χ2v) is 7.62. The molecule has 1 aliphatic heterocycles. The van der Waals surface area contributed by atoms with E-state index >= 15 is 0 Å². The van der Waals surface area contributed by atoms with Gasteiger partial charge < -0.3 is 5.32 Å². The first kappa shape index (κ1) is 14.4. The molecule has 0 aromatic carbocycles. The second kappa shape index (κ2) is 5.56. The molecule has 0 saturated carbocycles. The zero-order valence-electron chi connectivity index (χ0n) is 11.5. The summed E-state index contributed by atoms with van der Waals surface area (Å²) in [7, 11) is -3.20. The van der Waals surface area contributed by atoms with Gasteiger partial charge in [0.1, 0.15) is 0 Å². The Labute approximate surface area is 115 Å². The molecular formula is C13H21N3O2S. The molecule has 2 heterocycles. The number of nitrogens with zero attached hydrogens (tertiary/aromatic N) is 2. The van der Waals surface area contributed by atoms with E-state index in [1.165, 1.54) is 0 Å². The molecule has 106 valence electrons. The van der Waals surface area contributed by atoms with E-state index in [-0.39, 0.29) is 11.3 Å². The first-order valence-electron chi connectivity index (χ1n) is 6.52. The van der Waals surface area contributed by atoms with Crippen LogP contribution >= 0.6 is 0 Å². The number of aromatic nitrogens is 1. The third kappa shape index (κ3) is 3.99. The summed E-state index contributed by atoms with van der Waals surface area (Å²) < 4.78 is 26.2. The highest BCUT2D eigenvalue weighted by atomic mass is 32.2. The molecule has 0 bridgehead atoms. The number of pyridine rings is 1. The average Bonchev–Trinajstić information content (AvgIpc) is 2.37. The minimum atomic E-state index is -3.20. The van der Waals surface area contributed by atoms with Crippen molar-refractivity contribution in [1.82, 2.24) is 14.6 Å². The second-order valence-electron chi connectivity index (χ2n) is 5.53. The molecule has 1 aromatic rings. The predicted octanol–water partition coefficient (Wildman–Crippen LogP) is 0.638. The minimum Gasteiger partial charge on any atom is -0.309 e. The first-order valence-corrected chi connectivity index (χ1v) is 8.13. The summed E-state index contributed by atoms with van der Waals surface area (Å²) in [6.07, 6.45) is 2.16. The number of hydrogen-bond acceptors (Lipinski definition) is 4. The van der Waals surface area contributed by atoms with Gasteiger partial charge in [-0.2, -0.15) is 4.31 Å². The van der Waals surface area contributed by atoms with Crippen LogP contribution in [0.2, 0.25) is 0 Å². The maximum atomic E-state index is 12.3. The van der Waals surface area contributed by atoms with Crippen LogP contribution in [0.15, 0.2) is 24.4 Å². The molecule has 0 aliphatic carbocycles. The molecule has 0 atom stereocenters. The van der Waals surface area contributed by atoms with Crippen molar-refractivity contribution in [3.63, 3.8) is 0 Å². The summed E-state index contributed by atoms with van der Waals surface area (Å²) in [4.78, 5) is 4.16. The number of nitrogens with one attached hydrogen (secondary N) is 1. The minimum absolute atomic E-state index is 0.125. The van der Waals surface area contributed by atoms with E-state index in [0.29, 0.717) is 26.1 Å². The van der Waals surface area contributed by atoms with Gasteiger partial charge >= 0.3 is 0 Å². The molecule has 5 nitrogen and oxygen atoms in total. The van der Waals surface area contributed by atoms with E-state index < -0.39 is 10.0 Å². The molecule has 0 unspecified atom stereocenters. The summed E-state index contributed by atoms with van der Waals surface area (Å²) in [6, 6.07) is 5.57. The Balaban J connectivity index is 1.98. The van der Waals surface area contributed by atoms with Crippen molar-refractivity contribution in [2.24, 2.45) is 0 Å². The Morgan fingerprint density at radius 2 is 2.21 bits per heavy atom. The maximum absolute atomic E-state index is 12.3. The van der Waals surface area contributed by atoms with Gasteiger partial charge in [-0.05, 0) is 26.0 Å². The fourth-order valence-electron chi connectivity index (χ4n) is 2.24. The summed E-state index contributed by atoms with van der Waals surface area (Å²) >= 11 is 0. The highest BCUT2D eigenvalue weighted by Crippen LogP contribution is 2.14. The van der Waals surface area contributed by atoms with Crippen molar-refractivity contribution >= 4 is 10.0 Å². The highest BCUT2D eigenvalue weighted by Gasteiger charge is 2.32. The number of aryl methyl sites for hydroxylation is 1. The Morgan fingerprint density at radius 1 is 1.42 bits per heavy atom. The Bertz CT molecular complexity index is 514. The lowest BCUT2D eigenvalue weighted by atomic mass is 10.0. The average molecular weight is 283 g/mol. The van der Waals surface area contributed by atoms with Gasteiger partial charge in [0.15, 0.2) is 0 Å². The quantitative estimate of drug-likeness (QED) is 0.881. The van der Waals surface area contributed by atoms with E-state index in [2.05, 4.69) is 10.3 Å². The maximum Gasteiger partial charge on any atom is 0.214 e. The Hall–Kier alpha value is -0.980. The zero-order valence-corrected chi connectivity index (χ0v) is 12.3. The lowest BCUT2D eigenvalue weighted by Crippen LogP contribution is -2.58. The van der Waals surface area contributed by atoms with E-state index in [4.69, 9.17) is 0 Å². The van der Waals surface area contributed by atoms with Crippen LogP contribution in [-0.2, 0) is 16.4 Å². The highest BCUT2D eigenvalue weighted by molar-refractivity contribution is 7.89. The van der Waals surface area contributed by atoms with Gasteiger partial charge in [-0.3, -0.25) is 4.98 Å². The van der Waals surface area contributed by atoms with Crippen LogP contribution in [-0.4, -0.2) is 48.6 Å².